The first-order valence-electron chi connectivity index (χ1n) is 28.3. The van der Waals surface area contributed by atoms with Gasteiger partial charge in [-0.25, -0.2) is 28.8 Å². The highest BCUT2D eigenvalue weighted by atomic mass is 16.7. The lowest BCUT2D eigenvalue weighted by molar-refractivity contribution is -0.129. The van der Waals surface area contributed by atoms with Gasteiger partial charge < -0.3 is 47.4 Å². The van der Waals surface area contributed by atoms with Gasteiger partial charge in [0.05, 0.1) is 29.9 Å². The largest absolute Gasteiger partial charge is 0.489 e. The second-order valence-corrected chi connectivity index (χ2v) is 20.9. The van der Waals surface area contributed by atoms with Gasteiger partial charge in [0.25, 0.3) is 0 Å². The van der Waals surface area contributed by atoms with E-state index < -0.39 is 66.3 Å². The zero-order chi connectivity index (χ0) is 61.5. The first-order valence-corrected chi connectivity index (χ1v) is 28.3. The van der Waals surface area contributed by atoms with Gasteiger partial charge in [0.2, 0.25) is 0 Å². The van der Waals surface area contributed by atoms with Gasteiger partial charge >= 0.3 is 35.8 Å². The molecule has 0 aromatic heterocycles. The van der Waals surface area contributed by atoms with E-state index in [1.807, 2.05) is 72.8 Å². The molecule has 3 aliphatic rings. The van der Waals surface area contributed by atoms with Gasteiger partial charge in [-0.2, -0.15) is 0 Å². The summed E-state index contributed by atoms with van der Waals surface area (Å²) < 4.78 is 57.3. The Morgan fingerprint density at radius 2 is 0.742 bits per heavy atom. The van der Waals surface area contributed by atoms with Gasteiger partial charge in [-0.3, -0.25) is 0 Å². The fourth-order valence-corrected chi connectivity index (χ4v) is 10.8. The van der Waals surface area contributed by atoms with Crippen LogP contribution in [0.1, 0.15) is 31.1 Å². The molecule has 0 bridgehead atoms. The summed E-state index contributed by atoms with van der Waals surface area (Å²) in [4.78, 5) is 73.6. The highest BCUT2D eigenvalue weighted by molar-refractivity contribution is 6.10. The van der Waals surface area contributed by atoms with E-state index in [0.29, 0.717) is 45.4 Å². The Bertz CT molecular complexity index is 4230. The Morgan fingerprint density at radius 3 is 1.20 bits per heavy atom. The van der Waals surface area contributed by atoms with Crippen LogP contribution in [0.2, 0.25) is 0 Å². The Hall–Kier alpha value is -11.2. The predicted molar refractivity (Wildman–Crippen MR) is 332 cm³/mol. The van der Waals surface area contributed by atoms with Crippen molar-refractivity contribution in [2.75, 3.05) is 26.4 Å². The number of ether oxygens (including phenoxy) is 10. The zero-order valence-corrected chi connectivity index (χ0v) is 47.6. The second-order valence-electron chi connectivity index (χ2n) is 20.9. The van der Waals surface area contributed by atoms with Crippen LogP contribution in [-0.4, -0.2) is 92.8 Å². The van der Waals surface area contributed by atoms with Crippen molar-refractivity contribution in [1.82, 2.24) is 0 Å². The fraction of sp³-hybridized carbons (Fsp3) is 0.123. The molecule has 4 atom stereocenters. The minimum atomic E-state index is -0.683. The summed E-state index contributed by atoms with van der Waals surface area (Å²) in [5, 5.41) is 7.36. The molecule has 0 saturated carbocycles. The normalized spacial score (nSPS) is 16.6. The summed E-state index contributed by atoms with van der Waals surface area (Å²) in [5.41, 5.74) is 4.79. The number of carbonyl (C=O) groups excluding carboxylic acids is 6. The van der Waals surface area contributed by atoms with E-state index in [-0.39, 0.29) is 26.4 Å². The highest BCUT2D eigenvalue weighted by Gasteiger charge is 2.51. The summed E-state index contributed by atoms with van der Waals surface area (Å²) in [6, 6.07) is 58.9. The Morgan fingerprint density at radius 1 is 0.371 bits per heavy atom. The molecule has 3 aliphatic heterocycles. The number of esters is 6. The molecule has 16 heteroatoms. The summed E-state index contributed by atoms with van der Waals surface area (Å²) in [7, 11) is 0. The van der Waals surface area contributed by atoms with Crippen molar-refractivity contribution in [3.8, 4) is 51.0 Å². The van der Waals surface area contributed by atoms with E-state index in [4.69, 9.17) is 47.4 Å². The number of fused-ring (bicyclic) bond motifs is 10. The molecular weight excluding hydrogens is 1130 g/mol. The molecule has 13 rings (SSSR count). The van der Waals surface area contributed by atoms with Crippen molar-refractivity contribution >= 4 is 78.9 Å². The number of rotatable bonds is 13. The van der Waals surface area contributed by atoms with Gasteiger partial charge in [0, 0.05) is 29.4 Å². The van der Waals surface area contributed by atoms with Crippen LogP contribution in [0.25, 0.3) is 65.3 Å². The van der Waals surface area contributed by atoms with E-state index in [0.717, 1.165) is 83.6 Å². The molecule has 0 spiro atoms. The van der Waals surface area contributed by atoms with Crippen molar-refractivity contribution in [2.24, 2.45) is 0 Å². The van der Waals surface area contributed by atoms with Gasteiger partial charge in [-0.05, 0) is 139 Å². The second kappa shape index (κ2) is 25.8. The monoisotopic (exact) mass is 1190 g/mol. The number of hydrogen-bond acceptors (Lipinski definition) is 16. The topological polar surface area (TPSA) is 195 Å². The van der Waals surface area contributed by atoms with Crippen LogP contribution in [0.5, 0.6) is 28.7 Å². The van der Waals surface area contributed by atoms with Gasteiger partial charge in [0.1, 0.15) is 54.2 Å². The number of carbonyl (C=O) groups is 6. The Balaban J connectivity index is 0.000000173. The smallest absolute Gasteiger partial charge is 0.338 e. The first kappa shape index (κ1) is 58.2. The quantitative estimate of drug-likeness (QED) is 0.0457. The maximum atomic E-state index is 13.3. The van der Waals surface area contributed by atoms with Gasteiger partial charge in [0.15, 0.2) is 18.3 Å². The molecule has 0 radical (unpaired) electrons. The predicted octanol–water partition coefficient (Wildman–Crippen LogP) is 13.1. The first-order chi connectivity index (χ1) is 43.4. The van der Waals surface area contributed by atoms with Crippen LogP contribution in [-0.2, 0) is 38.1 Å². The van der Waals surface area contributed by atoms with Crippen molar-refractivity contribution < 1.29 is 76.1 Å². The van der Waals surface area contributed by atoms with Crippen LogP contribution in [0, 0.1) is 0 Å². The standard InChI is InChI=1S/C39H28O6.C34H26O10/c1-2-36(40)44-30-19-15-26(16-20-30)25-11-13-29(14-12-25)39(41)45-31-23-42-34-21-17-27-7-3-5-9-32(27)37(34)38-33-10-6-4-8-28(33)18-22-35(38)43-24-31;1-3-29(35)41-25-11-9-19-13-23(7-5-21(19)15-25)33(37)43-27-17-39-32-28(18-40-31(27)32)44-34(38)24-8-6-22-16-26(42-30(36)4-2)12-10-20(22)14-24/h2-22,31H,1,23-24H2;3-16,27-28,31-32H,1-2,17-18H2/t;27-,28+,31?,32?. The molecule has 2 fully saturated rings. The molecule has 10 aromatic carbocycles. The third kappa shape index (κ3) is 12.9. The SMILES string of the molecule is C=CC(=O)Oc1ccc(-c2ccc(C(=O)OC3COc4ccc5ccccc5c4-c4c(ccc5ccccc45)OC3)cc2)cc1.C=CC(=O)Oc1ccc2cc(C(=O)O[C@H]3COC4C3OC[C@H]4OC(=O)c3ccc4cc(OC(=O)C=C)ccc4c3)ccc2c1. The molecule has 2 saturated heterocycles. The van der Waals surface area contributed by atoms with Gasteiger partial charge in [-0.1, -0.05) is 129 Å². The maximum absolute atomic E-state index is 13.3. The van der Waals surface area contributed by atoms with Crippen LogP contribution < -0.4 is 23.7 Å². The molecule has 0 amide bonds. The average Bonchev–Trinajstić information content (AvgIpc) is 2.13. The molecule has 10 aromatic rings. The van der Waals surface area contributed by atoms with Crippen molar-refractivity contribution in [3.05, 3.63) is 249 Å². The van der Waals surface area contributed by atoms with Crippen LogP contribution >= 0.6 is 0 Å². The zero-order valence-electron chi connectivity index (χ0n) is 47.6. The van der Waals surface area contributed by atoms with Crippen molar-refractivity contribution in [2.45, 2.75) is 30.5 Å². The molecule has 16 nitrogen and oxygen atoms in total. The lowest BCUT2D eigenvalue weighted by Gasteiger charge is -2.18. The number of hydrogen-bond donors (Lipinski definition) is 0. The van der Waals surface area contributed by atoms with Crippen LogP contribution in [0.3, 0.4) is 0 Å². The lowest BCUT2D eigenvalue weighted by Crippen LogP contribution is -2.36. The molecule has 2 unspecified atom stereocenters. The summed E-state index contributed by atoms with van der Waals surface area (Å²) in [6.45, 7) is 10.6. The van der Waals surface area contributed by atoms with E-state index in [2.05, 4.69) is 44.0 Å². The maximum Gasteiger partial charge on any atom is 0.338 e. The molecule has 0 N–H and O–H groups in total. The molecule has 442 valence electrons. The van der Waals surface area contributed by atoms with Crippen LogP contribution in [0.4, 0.5) is 0 Å². The molecule has 0 aliphatic carbocycles. The molecule has 89 heavy (non-hydrogen) atoms. The van der Waals surface area contributed by atoms with E-state index in [9.17, 15) is 28.8 Å². The summed E-state index contributed by atoms with van der Waals surface area (Å²) in [6.07, 6.45) is 0.0734. The molecule has 3 heterocycles. The van der Waals surface area contributed by atoms with E-state index in [1.54, 1.807) is 97.1 Å². The van der Waals surface area contributed by atoms with Crippen molar-refractivity contribution in [3.63, 3.8) is 0 Å². The molecular formula is C73H54O16. The minimum absolute atomic E-state index is 0.0927. The van der Waals surface area contributed by atoms with Crippen molar-refractivity contribution in [1.29, 1.82) is 0 Å². The third-order valence-electron chi connectivity index (χ3n) is 15.2. The summed E-state index contributed by atoms with van der Waals surface area (Å²) in [5.74, 6) is -0.657. The van der Waals surface area contributed by atoms with E-state index >= 15 is 0 Å². The third-order valence-corrected chi connectivity index (χ3v) is 15.2. The number of benzene rings is 10. The Labute approximate surface area is 509 Å². The average molecular weight is 1190 g/mol. The lowest BCUT2D eigenvalue weighted by atomic mass is 9.92. The summed E-state index contributed by atoms with van der Waals surface area (Å²) >= 11 is 0. The Kier molecular flexibility index (Phi) is 16.9. The minimum Gasteiger partial charge on any atom is -0.489 e. The highest BCUT2D eigenvalue weighted by Crippen LogP contribution is 2.46. The van der Waals surface area contributed by atoms with Gasteiger partial charge in [-0.15, -0.1) is 0 Å². The van der Waals surface area contributed by atoms with Crippen LogP contribution in [0.15, 0.2) is 232 Å². The fourth-order valence-electron chi connectivity index (χ4n) is 10.8. The van der Waals surface area contributed by atoms with E-state index in [1.165, 1.54) is 0 Å².